The Morgan fingerprint density at radius 2 is 2.33 bits per heavy atom. The zero-order valence-corrected chi connectivity index (χ0v) is 13.4. The van der Waals surface area contributed by atoms with Crippen molar-refractivity contribution in [3.05, 3.63) is 12.3 Å². The number of likely N-dealkylation sites (tertiary alicyclic amines) is 1. The molecule has 2 rings (SSSR count). The number of anilines is 1. The van der Waals surface area contributed by atoms with E-state index < -0.39 is 0 Å². The average molecular weight is 294 g/mol. The third-order valence-corrected chi connectivity index (χ3v) is 4.09. The monoisotopic (exact) mass is 294 g/mol. The molecule has 0 spiro atoms. The van der Waals surface area contributed by atoms with E-state index in [4.69, 9.17) is 4.74 Å². The van der Waals surface area contributed by atoms with Crippen LogP contribution in [0.15, 0.2) is 12.3 Å². The third kappa shape index (κ3) is 3.56. The van der Waals surface area contributed by atoms with E-state index in [2.05, 4.69) is 31.2 Å². The molecule has 1 aromatic heterocycles. The summed E-state index contributed by atoms with van der Waals surface area (Å²) >= 11 is 0. The maximum atomic E-state index is 12.4. The number of rotatable bonds is 4. The van der Waals surface area contributed by atoms with E-state index in [1.165, 1.54) is 0 Å². The molecule has 0 bridgehead atoms. The van der Waals surface area contributed by atoms with Crippen molar-refractivity contribution in [2.45, 2.75) is 46.3 Å². The standard InChI is InChI=1S/C15H26N4O2/c1-5-9-19-13(6-8-16-19)17-14(20)18-10-7-12(21-4)15(2,3)11-18/h6,8,12H,5,7,9-11H2,1-4H3,(H,17,20)/t12-/m0/s1. The molecule has 1 fully saturated rings. The Kier molecular flexibility index (Phi) is 4.88. The van der Waals surface area contributed by atoms with Gasteiger partial charge in [-0.3, -0.25) is 5.32 Å². The molecule has 0 unspecified atom stereocenters. The molecular weight excluding hydrogens is 268 g/mol. The van der Waals surface area contributed by atoms with Gasteiger partial charge < -0.3 is 9.64 Å². The maximum Gasteiger partial charge on any atom is 0.323 e. The van der Waals surface area contributed by atoms with Crippen LogP contribution in [-0.2, 0) is 11.3 Å². The lowest BCUT2D eigenvalue weighted by Gasteiger charge is -2.43. The first kappa shape index (κ1) is 15.8. The number of methoxy groups -OCH3 is 1. The molecule has 0 saturated carbocycles. The van der Waals surface area contributed by atoms with Crippen LogP contribution in [0.4, 0.5) is 10.6 Å². The smallest absolute Gasteiger partial charge is 0.323 e. The zero-order chi connectivity index (χ0) is 15.5. The fourth-order valence-corrected chi connectivity index (χ4v) is 2.96. The summed E-state index contributed by atoms with van der Waals surface area (Å²) in [5.41, 5.74) is -0.0337. The number of nitrogens with one attached hydrogen (secondary N) is 1. The van der Waals surface area contributed by atoms with Crippen molar-refractivity contribution < 1.29 is 9.53 Å². The van der Waals surface area contributed by atoms with Crippen LogP contribution < -0.4 is 5.32 Å². The normalized spacial score (nSPS) is 21.3. The number of aryl methyl sites for hydroxylation is 1. The first-order chi connectivity index (χ1) is 9.97. The quantitative estimate of drug-likeness (QED) is 0.928. The number of nitrogens with zero attached hydrogens (tertiary/aromatic N) is 3. The van der Waals surface area contributed by atoms with Gasteiger partial charge in [0.25, 0.3) is 0 Å². The lowest BCUT2D eigenvalue weighted by atomic mass is 9.81. The summed E-state index contributed by atoms with van der Waals surface area (Å²) < 4.78 is 7.34. The summed E-state index contributed by atoms with van der Waals surface area (Å²) in [5.74, 6) is 0.758. The van der Waals surface area contributed by atoms with E-state index in [1.54, 1.807) is 13.3 Å². The van der Waals surface area contributed by atoms with Gasteiger partial charge in [0.2, 0.25) is 0 Å². The van der Waals surface area contributed by atoms with Gasteiger partial charge in [-0.25, -0.2) is 9.48 Å². The molecule has 1 N–H and O–H groups in total. The molecule has 0 aliphatic carbocycles. The third-order valence-electron chi connectivity index (χ3n) is 4.09. The molecule has 2 amide bonds. The Hall–Kier alpha value is -1.56. The highest BCUT2D eigenvalue weighted by atomic mass is 16.5. The molecule has 1 aliphatic rings. The summed E-state index contributed by atoms with van der Waals surface area (Å²) in [7, 11) is 1.74. The maximum absolute atomic E-state index is 12.4. The summed E-state index contributed by atoms with van der Waals surface area (Å²) in [6, 6.07) is 1.77. The van der Waals surface area contributed by atoms with Crippen LogP contribution in [0.5, 0.6) is 0 Å². The van der Waals surface area contributed by atoms with Gasteiger partial charge in [0.15, 0.2) is 0 Å². The summed E-state index contributed by atoms with van der Waals surface area (Å²) in [4.78, 5) is 14.3. The van der Waals surface area contributed by atoms with Crippen LogP contribution in [0.2, 0.25) is 0 Å². The largest absolute Gasteiger partial charge is 0.381 e. The second-order valence-electron chi connectivity index (χ2n) is 6.29. The predicted octanol–water partition coefficient (Wildman–Crippen LogP) is 2.57. The summed E-state index contributed by atoms with van der Waals surface area (Å²) in [6.45, 7) is 8.59. The van der Waals surface area contributed by atoms with Gasteiger partial charge in [-0.05, 0) is 12.8 Å². The minimum Gasteiger partial charge on any atom is -0.381 e. The number of hydrogen-bond acceptors (Lipinski definition) is 3. The Balaban J connectivity index is 1.99. The van der Waals surface area contributed by atoms with Gasteiger partial charge in [-0.2, -0.15) is 5.10 Å². The second-order valence-corrected chi connectivity index (χ2v) is 6.29. The molecule has 1 atom stereocenters. The van der Waals surface area contributed by atoms with Crippen LogP contribution in [0.3, 0.4) is 0 Å². The Morgan fingerprint density at radius 1 is 1.57 bits per heavy atom. The number of piperidine rings is 1. The summed E-state index contributed by atoms with van der Waals surface area (Å²) in [6.07, 6.45) is 3.76. The molecule has 0 radical (unpaired) electrons. The van der Waals surface area contributed by atoms with Crippen LogP contribution in [-0.4, -0.2) is 47.0 Å². The van der Waals surface area contributed by atoms with Crippen molar-refractivity contribution in [2.75, 3.05) is 25.5 Å². The highest BCUT2D eigenvalue weighted by Crippen LogP contribution is 2.31. The van der Waals surface area contributed by atoms with Crippen molar-refractivity contribution >= 4 is 11.8 Å². The van der Waals surface area contributed by atoms with Gasteiger partial charge in [-0.15, -0.1) is 0 Å². The Labute approximate surface area is 126 Å². The Bertz CT molecular complexity index is 484. The molecule has 1 aromatic rings. The molecule has 6 nitrogen and oxygen atoms in total. The predicted molar refractivity (Wildman–Crippen MR) is 82.3 cm³/mol. The SMILES string of the molecule is CCCn1nccc1NC(=O)N1CC[C@H](OC)C(C)(C)C1. The lowest BCUT2D eigenvalue weighted by molar-refractivity contribution is -0.0394. The molecule has 118 valence electrons. The van der Waals surface area contributed by atoms with Gasteiger partial charge in [0.05, 0.1) is 12.3 Å². The average Bonchev–Trinajstić information content (AvgIpc) is 2.85. The first-order valence-electron chi connectivity index (χ1n) is 7.58. The van der Waals surface area contributed by atoms with Crippen molar-refractivity contribution in [3.8, 4) is 0 Å². The van der Waals surface area contributed by atoms with Gasteiger partial charge in [-0.1, -0.05) is 20.8 Å². The number of urea groups is 1. The van der Waals surface area contributed by atoms with Crippen molar-refractivity contribution in [1.29, 1.82) is 0 Å². The van der Waals surface area contributed by atoms with Crippen LogP contribution in [0, 0.1) is 5.41 Å². The minimum absolute atomic E-state index is 0.0337. The number of amides is 2. The Morgan fingerprint density at radius 3 is 2.95 bits per heavy atom. The second kappa shape index (κ2) is 6.47. The molecule has 0 aromatic carbocycles. The fourth-order valence-electron chi connectivity index (χ4n) is 2.96. The van der Waals surface area contributed by atoms with Crippen molar-refractivity contribution in [3.63, 3.8) is 0 Å². The fraction of sp³-hybridized carbons (Fsp3) is 0.733. The van der Waals surface area contributed by atoms with Gasteiger partial charge >= 0.3 is 6.03 Å². The highest BCUT2D eigenvalue weighted by molar-refractivity contribution is 5.88. The minimum atomic E-state index is -0.0597. The number of carbonyl (C=O) groups excluding carboxylic acids is 1. The van der Waals surface area contributed by atoms with Crippen molar-refractivity contribution in [2.24, 2.45) is 5.41 Å². The molecule has 2 heterocycles. The number of hydrogen-bond donors (Lipinski definition) is 1. The molecule has 1 aliphatic heterocycles. The molecule has 6 heteroatoms. The number of carbonyl (C=O) groups is 1. The van der Waals surface area contributed by atoms with Gasteiger partial charge in [0.1, 0.15) is 5.82 Å². The molecular formula is C15H26N4O2. The topological polar surface area (TPSA) is 59.4 Å². The van der Waals surface area contributed by atoms with Gasteiger partial charge in [0, 0.05) is 38.2 Å². The van der Waals surface area contributed by atoms with E-state index in [0.29, 0.717) is 6.54 Å². The van der Waals surface area contributed by atoms with E-state index >= 15 is 0 Å². The first-order valence-corrected chi connectivity index (χ1v) is 7.58. The van der Waals surface area contributed by atoms with E-state index in [0.717, 1.165) is 31.7 Å². The van der Waals surface area contributed by atoms with Crippen LogP contribution >= 0.6 is 0 Å². The van der Waals surface area contributed by atoms with E-state index in [-0.39, 0.29) is 17.6 Å². The van der Waals surface area contributed by atoms with E-state index in [9.17, 15) is 4.79 Å². The number of ether oxygens (including phenoxy) is 1. The van der Waals surface area contributed by atoms with Crippen LogP contribution in [0.25, 0.3) is 0 Å². The zero-order valence-electron chi connectivity index (χ0n) is 13.4. The molecule has 1 saturated heterocycles. The van der Waals surface area contributed by atoms with Crippen LogP contribution in [0.1, 0.15) is 33.6 Å². The van der Waals surface area contributed by atoms with Crippen molar-refractivity contribution in [1.82, 2.24) is 14.7 Å². The summed E-state index contributed by atoms with van der Waals surface area (Å²) in [5, 5.41) is 7.18. The molecule has 21 heavy (non-hydrogen) atoms. The number of aromatic nitrogens is 2. The van der Waals surface area contributed by atoms with E-state index in [1.807, 2.05) is 15.6 Å². The lowest BCUT2D eigenvalue weighted by Crippen LogP contribution is -2.52. The highest BCUT2D eigenvalue weighted by Gasteiger charge is 2.37.